The number of hydrogen-bond acceptors (Lipinski definition) is 4. The summed E-state index contributed by atoms with van der Waals surface area (Å²) in [6.45, 7) is 7.51. The van der Waals surface area contributed by atoms with Crippen LogP contribution in [0, 0.1) is 12.8 Å². The number of rotatable bonds is 4. The third kappa shape index (κ3) is 3.67. The quantitative estimate of drug-likeness (QED) is 0.899. The van der Waals surface area contributed by atoms with Gasteiger partial charge in [-0.1, -0.05) is 6.92 Å². The molecule has 1 aromatic rings. The molecule has 1 saturated heterocycles. The predicted octanol–water partition coefficient (Wildman–Crippen LogP) is 1.83. The summed E-state index contributed by atoms with van der Waals surface area (Å²) in [6.07, 6.45) is 1.21. The Labute approximate surface area is 116 Å². The van der Waals surface area contributed by atoms with Gasteiger partial charge in [-0.2, -0.15) is 0 Å². The van der Waals surface area contributed by atoms with E-state index < -0.39 is 0 Å². The Hall–Kier alpha value is -1.13. The molecule has 0 aliphatic carbocycles. The van der Waals surface area contributed by atoms with Crippen LogP contribution < -0.4 is 10.1 Å². The fourth-order valence-corrected chi connectivity index (χ4v) is 2.94. The maximum Gasteiger partial charge on any atom is 0.122 e. The first-order valence-electron chi connectivity index (χ1n) is 7.03. The van der Waals surface area contributed by atoms with E-state index in [9.17, 15) is 0 Å². The second-order valence-electron chi connectivity index (χ2n) is 5.54. The summed E-state index contributed by atoms with van der Waals surface area (Å²) in [5.74, 6) is 1.59. The molecule has 0 aromatic carbocycles. The number of piperidine rings is 1. The molecule has 2 rings (SSSR count). The van der Waals surface area contributed by atoms with E-state index in [-0.39, 0.29) is 0 Å². The minimum atomic E-state index is 0.649. The number of nitrogens with zero attached hydrogens (tertiary/aromatic N) is 2. The summed E-state index contributed by atoms with van der Waals surface area (Å²) in [5, 5.41) is 3.40. The molecule has 1 aliphatic rings. The van der Waals surface area contributed by atoms with Crippen LogP contribution in [0.4, 0.5) is 0 Å². The monoisotopic (exact) mass is 263 g/mol. The number of likely N-dealkylation sites (tertiary alicyclic amines) is 1. The molecular weight excluding hydrogens is 238 g/mol. The second kappa shape index (κ2) is 6.35. The Morgan fingerprint density at radius 1 is 1.47 bits per heavy atom. The predicted molar refractivity (Wildman–Crippen MR) is 77.4 cm³/mol. The topological polar surface area (TPSA) is 37.4 Å². The molecule has 0 amide bonds. The van der Waals surface area contributed by atoms with Gasteiger partial charge in [0.05, 0.1) is 12.8 Å². The molecule has 2 heterocycles. The number of aromatic nitrogens is 1. The van der Waals surface area contributed by atoms with Crippen molar-refractivity contribution in [3.63, 3.8) is 0 Å². The van der Waals surface area contributed by atoms with E-state index in [1.54, 1.807) is 7.11 Å². The molecule has 1 aliphatic heterocycles. The minimum Gasteiger partial charge on any atom is -0.497 e. The van der Waals surface area contributed by atoms with Gasteiger partial charge < -0.3 is 10.1 Å². The average molecular weight is 263 g/mol. The summed E-state index contributed by atoms with van der Waals surface area (Å²) in [6, 6.07) is 4.66. The highest BCUT2D eigenvalue weighted by Crippen LogP contribution is 2.20. The van der Waals surface area contributed by atoms with Crippen LogP contribution in [0.1, 0.15) is 24.7 Å². The van der Waals surface area contributed by atoms with E-state index in [0.29, 0.717) is 12.0 Å². The molecule has 0 spiro atoms. The fourth-order valence-electron chi connectivity index (χ4n) is 2.94. The SMILES string of the molecule is CNC1CCN(Cc2cc(OC)cc(C)n2)CC1C. The number of hydrogen-bond donors (Lipinski definition) is 1. The van der Waals surface area contributed by atoms with Gasteiger partial charge in [0.2, 0.25) is 0 Å². The van der Waals surface area contributed by atoms with Gasteiger partial charge in [0, 0.05) is 43.5 Å². The van der Waals surface area contributed by atoms with Crippen molar-refractivity contribution in [2.24, 2.45) is 5.92 Å². The molecule has 1 N–H and O–H groups in total. The number of nitrogens with one attached hydrogen (secondary N) is 1. The summed E-state index contributed by atoms with van der Waals surface area (Å²) in [5.41, 5.74) is 2.12. The number of ether oxygens (including phenoxy) is 1. The highest BCUT2D eigenvalue weighted by atomic mass is 16.5. The lowest BCUT2D eigenvalue weighted by Gasteiger charge is -2.36. The van der Waals surface area contributed by atoms with Crippen molar-refractivity contribution < 1.29 is 4.74 Å². The third-order valence-electron chi connectivity index (χ3n) is 3.96. The molecule has 0 radical (unpaired) electrons. The third-order valence-corrected chi connectivity index (χ3v) is 3.96. The van der Waals surface area contributed by atoms with Gasteiger partial charge in [-0.3, -0.25) is 9.88 Å². The van der Waals surface area contributed by atoms with Crippen LogP contribution in [0.3, 0.4) is 0 Å². The van der Waals surface area contributed by atoms with Crippen molar-refractivity contribution in [2.45, 2.75) is 32.9 Å². The maximum atomic E-state index is 5.31. The molecule has 4 heteroatoms. The van der Waals surface area contributed by atoms with Crippen molar-refractivity contribution in [3.8, 4) is 5.75 Å². The number of aryl methyl sites for hydroxylation is 1. The fraction of sp³-hybridized carbons (Fsp3) is 0.667. The van der Waals surface area contributed by atoms with Gasteiger partial charge >= 0.3 is 0 Å². The van der Waals surface area contributed by atoms with E-state index in [1.165, 1.54) is 6.42 Å². The lowest BCUT2D eigenvalue weighted by molar-refractivity contribution is 0.143. The largest absolute Gasteiger partial charge is 0.497 e. The minimum absolute atomic E-state index is 0.649. The highest BCUT2D eigenvalue weighted by Gasteiger charge is 2.24. The Morgan fingerprint density at radius 2 is 2.26 bits per heavy atom. The van der Waals surface area contributed by atoms with Crippen LogP contribution in [0.2, 0.25) is 0 Å². The Bertz CT molecular complexity index is 422. The summed E-state index contributed by atoms with van der Waals surface area (Å²) in [7, 11) is 3.77. The first-order chi connectivity index (χ1) is 9.12. The van der Waals surface area contributed by atoms with Crippen molar-refractivity contribution in [1.29, 1.82) is 0 Å². The average Bonchev–Trinajstić information content (AvgIpc) is 2.38. The number of pyridine rings is 1. The van der Waals surface area contributed by atoms with E-state index in [1.807, 2.05) is 19.1 Å². The van der Waals surface area contributed by atoms with Gasteiger partial charge in [-0.25, -0.2) is 0 Å². The van der Waals surface area contributed by atoms with Crippen LogP contribution >= 0.6 is 0 Å². The van der Waals surface area contributed by atoms with Crippen molar-refractivity contribution in [1.82, 2.24) is 15.2 Å². The standard InChI is InChI=1S/C15H25N3O/c1-11-9-18(6-5-15(11)16-3)10-13-8-14(19-4)7-12(2)17-13/h7-8,11,15-16H,5-6,9-10H2,1-4H3. The van der Waals surface area contributed by atoms with Crippen molar-refractivity contribution in [2.75, 3.05) is 27.2 Å². The van der Waals surface area contributed by atoms with Gasteiger partial charge in [-0.05, 0) is 26.3 Å². The van der Waals surface area contributed by atoms with Crippen LogP contribution in [-0.4, -0.2) is 43.2 Å². The zero-order chi connectivity index (χ0) is 13.8. The second-order valence-corrected chi connectivity index (χ2v) is 5.54. The molecule has 106 valence electrons. The molecule has 1 aromatic heterocycles. The van der Waals surface area contributed by atoms with Gasteiger partial charge in [-0.15, -0.1) is 0 Å². The van der Waals surface area contributed by atoms with Gasteiger partial charge in [0.1, 0.15) is 5.75 Å². The smallest absolute Gasteiger partial charge is 0.122 e. The summed E-state index contributed by atoms with van der Waals surface area (Å²) >= 11 is 0. The molecule has 2 atom stereocenters. The zero-order valence-corrected chi connectivity index (χ0v) is 12.4. The Balaban J connectivity index is 2.00. The number of methoxy groups -OCH3 is 1. The molecular formula is C15H25N3O. The maximum absolute atomic E-state index is 5.31. The zero-order valence-electron chi connectivity index (χ0n) is 12.4. The summed E-state index contributed by atoms with van der Waals surface area (Å²) < 4.78 is 5.31. The van der Waals surface area contributed by atoms with Crippen LogP contribution in [0.15, 0.2) is 12.1 Å². The first kappa shape index (κ1) is 14.3. The molecule has 4 nitrogen and oxygen atoms in total. The van der Waals surface area contributed by atoms with Crippen LogP contribution in [0.25, 0.3) is 0 Å². The van der Waals surface area contributed by atoms with Gasteiger partial charge in [0.15, 0.2) is 0 Å². The van der Waals surface area contributed by atoms with Crippen LogP contribution in [0.5, 0.6) is 5.75 Å². The molecule has 2 unspecified atom stereocenters. The normalized spacial score (nSPS) is 24.4. The lowest BCUT2D eigenvalue weighted by Crippen LogP contribution is -2.46. The molecule has 0 bridgehead atoms. The van der Waals surface area contributed by atoms with E-state index in [2.05, 4.69) is 29.2 Å². The van der Waals surface area contributed by atoms with Crippen molar-refractivity contribution in [3.05, 3.63) is 23.5 Å². The Morgan fingerprint density at radius 3 is 2.89 bits per heavy atom. The first-order valence-corrected chi connectivity index (χ1v) is 7.03. The van der Waals surface area contributed by atoms with Crippen molar-refractivity contribution >= 4 is 0 Å². The summed E-state index contributed by atoms with van der Waals surface area (Å²) in [4.78, 5) is 7.09. The van der Waals surface area contributed by atoms with Gasteiger partial charge in [0.25, 0.3) is 0 Å². The molecule has 19 heavy (non-hydrogen) atoms. The Kier molecular flexibility index (Phi) is 4.77. The van der Waals surface area contributed by atoms with E-state index in [4.69, 9.17) is 4.74 Å². The van der Waals surface area contributed by atoms with E-state index >= 15 is 0 Å². The molecule has 1 fully saturated rings. The van der Waals surface area contributed by atoms with E-state index in [0.717, 1.165) is 36.8 Å². The highest BCUT2D eigenvalue weighted by molar-refractivity contribution is 5.26. The van der Waals surface area contributed by atoms with Crippen LogP contribution in [-0.2, 0) is 6.54 Å². The lowest BCUT2D eigenvalue weighted by atomic mass is 9.94. The molecule has 0 saturated carbocycles.